The van der Waals surface area contributed by atoms with Crippen LogP contribution in [0, 0.1) is 11.8 Å². The zero-order chi connectivity index (χ0) is 30.9. The van der Waals surface area contributed by atoms with E-state index >= 15 is 0 Å². The van der Waals surface area contributed by atoms with Crippen molar-refractivity contribution < 1.29 is 34.8 Å². The fourth-order valence-electron chi connectivity index (χ4n) is 7.34. The lowest BCUT2D eigenvalue weighted by Gasteiger charge is -2.51. The minimum absolute atomic E-state index is 0.0508. The second-order valence-electron chi connectivity index (χ2n) is 12.7. The first-order valence-corrected chi connectivity index (χ1v) is 14.1. The van der Waals surface area contributed by atoms with Crippen LogP contribution in [-0.4, -0.2) is 78.1 Å². The van der Waals surface area contributed by atoms with Crippen LogP contribution >= 0.6 is 0 Å². The van der Waals surface area contributed by atoms with E-state index in [0.717, 1.165) is 13.0 Å². The largest absolute Gasteiger partial charge is 0.508 e. The van der Waals surface area contributed by atoms with E-state index in [1.54, 1.807) is 26.6 Å². The molecular weight excluding hydrogens is 540 g/mol. The maximum absolute atomic E-state index is 14.1. The Bertz CT molecular complexity index is 1540. The number of hydrogen-bond donors (Lipinski definition) is 5. The number of fused-ring (bicyclic) bond motifs is 3. The summed E-state index contributed by atoms with van der Waals surface area (Å²) in [5, 5.41) is 46.1. The molecule has 3 aliphatic carbocycles. The molecule has 0 unspecified atom stereocenters. The number of benzene rings is 1. The molecule has 1 aromatic heterocycles. The highest BCUT2D eigenvalue weighted by Gasteiger charge is 2.64. The van der Waals surface area contributed by atoms with E-state index in [1.165, 1.54) is 4.90 Å². The number of aliphatic hydroxyl groups excluding tert-OH is 2. The summed E-state index contributed by atoms with van der Waals surface area (Å²) in [7, 11) is 3.15. The smallest absolute Gasteiger partial charge is 0.255 e. The Morgan fingerprint density at radius 1 is 1.21 bits per heavy atom. The van der Waals surface area contributed by atoms with Gasteiger partial charge < -0.3 is 30.7 Å². The fraction of sp³-hybridized carbons (Fsp3) is 0.484. The number of rotatable bonds is 7. The molecule has 0 saturated heterocycles. The summed E-state index contributed by atoms with van der Waals surface area (Å²) >= 11 is 0. The number of nitrogens with zero attached hydrogens (tertiary/aromatic N) is 3. The molecule has 11 heteroatoms. The molecule has 11 nitrogen and oxygen atoms in total. The van der Waals surface area contributed by atoms with Crippen LogP contribution in [0.3, 0.4) is 0 Å². The molecule has 1 heterocycles. The molecule has 0 spiro atoms. The van der Waals surface area contributed by atoms with Crippen LogP contribution in [0.5, 0.6) is 5.75 Å². The Hall–Kier alpha value is -3.96. The van der Waals surface area contributed by atoms with Gasteiger partial charge in [-0.3, -0.25) is 19.3 Å². The third kappa shape index (κ3) is 4.17. The van der Waals surface area contributed by atoms with Crippen molar-refractivity contribution in [3.05, 3.63) is 64.4 Å². The number of carbonyl (C=O) groups excluding carboxylic acids is 3. The summed E-state index contributed by atoms with van der Waals surface area (Å²) in [6.45, 7) is 6.60. The third-order valence-electron chi connectivity index (χ3n) is 9.61. The third-order valence-corrected chi connectivity index (χ3v) is 9.61. The normalized spacial score (nSPS) is 27.7. The molecule has 3 aliphatic rings. The molecule has 2 aromatic rings. The van der Waals surface area contributed by atoms with Crippen LogP contribution in [0.2, 0.25) is 0 Å². The molecule has 0 radical (unpaired) electrons. The first kappa shape index (κ1) is 29.5. The number of phenols is 1. The Morgan fingerprint density at radius 2 is 1.90 bits per heavy atom. The van der Waals surface area contributed by atoms with E-state index in [0.29, 0.717) is 17.5 Å². The van der Waals surface area contributed by atoms with E-state index in [2.05, 4.69) is 4.98 Å². The minimum atomic E-state index is -2.66. The highest BCUT2D eigenvalue weighted by atomic mass is 16.3. The number of likely N-dealkylation sites (N-methyl/N-ethyl adjacent to an activating group) is 1. The van der Waals surface area contributed by atoms with Gasteiger partial charge in [0.05, 0.1) is 17.9 Å². The average Bonchev–Trinajstić information content (AvgIpc) is 3.42. The van der Waals surface area contributed by atoms with Crippen LogP contribution in [-0.2, 0) is 26.3 Å². The average molecular weight is 579 g/mol. The monoisotopic (exact) mass is 578 g/mol. The van der Waals surface area contributed by atoms with Crippen molar-refractivity contribution in [3.63, 3.8) is 0 Å². The lowest BCUT2D eigenvalue weighted by atomic mass is 9.55. The predicted octanol–water partition coefficient (Wildman–Crippen LogP) is 2.48. The second kappa shape index (κ2) is 10.1. The van der Waals surface area contributed by atoms with Crippen molar-refractivity contribution in [2.75, 3.05) is 14.1 Å². The number of aromatic nitrogens is 2. The van der Waals surface area contributed by atoms with E-state index in [4.69, 9.17) is 5.73 Å². The van der Waals surface area contributed by atoms with Crippen molar-refractivity contribution >= 4 is 23.2 Å². The van der Waals surface area contributed by atoms with E-state index in [1.807, 2.05) is 43.7 Å². The van der Waals surface area contributed by atoms with Gasteiger partial charge in [0.1, 0.15) is 22.8 Å². The predicted molar refractivity (Wildman–Crippen MR) is 153 cm³/mol. The number of primary amides is 1. The maximum Gasteiger partial charge on any atom is 0.255 e. The van der Waals surface area contributed by atoms with Gasteiger partial charge in [-0.2, -0.15) is 0 Å². The minimum Gasteiger partial charge on any atom is -0.508 e. The summed E-state index contributed by atoms with van der Waals surface area (Å²) in [5.41, 5.74) is 2.61. The van der Waals surface area contributed by atoms with E-state index in [-0.39, 0.29) is 29.2 Å². The van der Waals surface area contributed by atoms with Gasteiger partial charge in [0.15, 0.2) is 11.4 Å². The number of imidazole rings is 1. The number of Topliss-reactive ketones (excluding diaryl/α,β-unsaturated/α-hetero) is 2. The second-order valence-corrected chi connectivity index (χ2v) is 12.7. The number of amides is 1. The van der Waals surface area contributed by atoms with E-state index in [9.17, 15) is 34.8 Å². The summed E-state index contributed by atoms with van der Waals surface area (Å²) in [4.78, 5) is 45.2. The van der Waals surface area contributed by atoms with Gasteiger partial charge in [-0.05, 0) is 56.2 Å². The van der Waals surface area contributed by atoms with Gasteiger partial charge in [-0.25, -0.2) is 4.98 Å². The lowest BCUT2D eigenvalue weighted by molar-refractivity contribution is -0.154. The fourth-order valence-corrected chi connectivity index (χ4v) is 7.34. The molecule has 224 valence electrons. The van der Waals surface area contributed by atoms with Crippen LogP contribution in [0.4, 0.5) is 0 Å². The molecule has 1 amide bonds. The van der Waals surface area contributed by atoms with E-state index < -0.39 is 63.5 Å². The summed E-state index contributed by atoms with van der Waals surface area (Å²) in [5.74, 6) is -6.89. The highest BCUT2D eigenvalue weighted by Crippen LogP contribution is 2.56. The number of nitrogens with two attached hydrogens (primary N) is 1. The number of aromatic hydroxyl groups is 1. The molecule has 5 rings (SSSR count). The molecular formula is C31H38N4O7. The zero-order valence-electron chi connectivity index (χ0n) is 24.5. The molecule has 42 heavy (non-hydrogen) atoms. The molecule has 0 bridgehead atoms. The Labute approximate surface area is 244 Å². The Morgan fingerprint density at radius 3 is 2.50 bits per heavy atom. The van der Waals surface area contributed by atoms with Crippen LogP contribution in [0.25, 0.3) is 5.76 Å². The van der Waals surface area contributed by atoms with Gasteiger partial charge in [-0.1, -0.05) is 32.9 Å². The SMILES string of the molecule is C[C@H]1c2ccc(C(C)(C)CCCn3ccnc3)c(O)c2C(O)=C2C(=O)[C@]3(O)C(O)=C(C(N)=O)C(=O)[C@@H](N(C)C)[C@@H]3C[C@@H]21. The highest BCUT2D eigenvalue weighted by molar-refractivity contribution is 6.24. The first-order chi connectivity index (χ1) is 19.6. The quantitative estimate of drug-likeness (QED) is 0.309. The number of aryl methyl sites for hydroxylation is 1. The van der Waals surface area contributed by atoms with Crippen LogP contribution < -0.4 is 5.73 Å². The molecule has 1 aromatic carbocycles. The molecule has 1 saturated carbocycles. The topological polar surface area (TPSA) is 179 Å². The molecule has 0 aliphatic heterocycles. The van der Waals surface area contributed by atoms with Gasteiger partial charge in [0.25, 0.3) is 5.91 Å². The van der Waals surface area contributed by atoms with Crippen LogP contribution in [0.1, 0.15) is 62.6 Å². The molecule has 1 fully saturated rings. The van der Waals surface area contributed by atoms with Gasteiger partial charge in [0, 0.05) is 36.0 Å². The number of ketones is 2. The standard InChI is InChI=1S/C31H38N4O7/c1-15-16-7-8-18(30(2,3)9-6-11-35-12-10-33-14-35)24(36)20(16)25(37)21-17(15)13-19-23(34(4)5)26(38)22(29(32)41)28(40)31(19,42)27(21)39/h7-8,10,12,14-15,17,19,23,36-37,40,42H,6,9,11,13H2,1-5H3,(H2,32,41)/t15-,17+,19-,23-,31-/m0/s1. The molecule has 5 atom stereocenters. The zero-order valence-corrected chi connectivity index (χ0v) is 24.5. The number of aliphatic hydroxyl groups is 3. The van der Waals surface area contributed by atoms with Crippen molar-refractivity contribution in [1.29, 1.82) is 0 Å². The lowest BCUT2D eigenvalue weighted by Crippen LogP contribution is -2.65. The van der Waals surface area contributed by atoms with Crippen LogP contribution in [0.15, 0.2) is 47.8 Å². The number of hydrogen-bond acceptors (Lipinski definition) is 9. The number of phenolic OH excluding ortho intramolecular Hbond substituents is 1. The van der Waals surface area contributed by atoms with Crippen molar-refractivity contribution in [2.45, 2.75) is 69.6 Å². The summed E-state index contributed by atoms with van der Waals surface area (Å²) in [6, 6.07) is 2.58. The summed E-state index contributed by atoms with van der Waals surface area (Å²) < 4.78 is 1.97. The number of carbonyl (C=O) groups is 3. The van der Waals surface area contributed by atoms with Crippen molar-refractivity contribution in [3.8, 4) is 5.75 Å². The summed E-state index contributed by atoms with van der Waals surface area (Å²) in [6.07, 6.45) is 6.91. The van der Waals surface area contributed by atoms with Gasteiger partial charge in [-0.15, -0.1) is 0 Å². The first-order valence-electron chi connectivity index (χ1n) is 14.1. The Kier molecular flexibility index (Phi) is 7.10. The maximum atomic E-state index is 14.1. The van der Waals surface area contributed by atoms with Gasteiger partial charge in [0.2, 0.25) is 5.78 Å². The van der Waals surface area contributed by atoms with Gasteiger partial charge >= 0.3 is 0 Å². The molecule has 6 N–H and O–H groups in total. The van der Waals surface area contributed by atoms with Crippen molar-refractivity contribution in [1.82, 2.24) is 14.5 Å². The van der Waals surface area contributed by atoms with Crippen molar-refractivity contribution in [2.24, 2.45) is 17.6 Å². The Balaban J connectivity index is 1.60.